The molecule has 1 aliphatic rings. The Morgan fingerprint density at radius 1 is 1.06 bits per heavy atom. The van der Waals surface area contributed by atoms with Gasteiger partial charge in [-0.1, -0.05) is 32.0 Å². The molecule has 1 unspecified atom stereocenters. The largest absolute Gasteiger partial charge is 0.507 e. The van der Waals surface area contributed by atoms with Crippen molar-refractivity contribution in [3.8, 4) is 11.5 Å². The second kappa shape index (κ2) is 10.6. The molecule has 1 saturated heterocycles. The van der Waals surface area contributed by atoms with Crippen molar-refractivity contribution in [3.05, 3.63) is 94.8 Å². The molecule has 1 aliphatic heterocycles. The van der Waals surface area contributed by atoms with E-state index in [-0.39, 0.29) is 23.8 Å². The number of aliphatic hydroxyl groups is 1. The van der Waals surface area contributed by atoms with Crippen molar-refractivity contribution in [1.29, 1.82) is 0 Å². The topological polar surface area (TPSA) is 89.0 Å². The lowest BCUT2D eigenvalue weighted by molar-refractivity contribution is -0.140. The molecule has 2 aromatic carbocycles. The van der Waals surface area contributed by atoms with Crippen LogP contribution in [0.5, 0.6) is 11.5 Å². The summed E-state index contributed by atoms with van der Waals surface area (Å²) < 4.78 is 11.2. The van der Waals surface area contributed by atoms with Crippen LogP contribution in [0.4, 0.5) is 0 Å². The molecule has 0 spiro atoms. The molecule has 1 aromatic heterocycles. The fraction of sp³-hybridized carbons (Fsp3) is 0.276. The third kappa shape index (κ3) is 4.69. The van der Waals surface area contributed by atoms with Crippen LogP contribution < -0.4 is 9.47 Å². The number of aromatic nitrogens is 1. The number of ether oxygens (including phenoxy) is 2. The zero-order valence-electron chi connectivity index (χ0n) is 20.9. The van der Waals surface area contributed by atoms with Gasteiger partial charge in [0.05, 0.1) is 31.9 Å². The highest BCUT2D eigenvalue weighted by Crippen LogP contribution is 2.41. The molecule has 186 valence electrons. The molecule has 1 amide bonds. The number of likely N-dealkylation sites (tertiary alicyclic amines) is 1. The number of para-hydroxylation sites is 1. The predicted octanol–water partition coefficient (Wildman–Crippen LogP) is 5.23. The molecule has 7 nitrogen and oxygen atoms in total. The number of Topliss-reactive ketones (excluding diaryl/α,β-unsaturated/α-hetero) is 1. The number of carbonyl (C=O) groups excluding carboxylic acids is 2. The molecule has 0 aliphatic carbocycles. The maximum absolute atomic E-state index is 13.4. The van der Waals surface area contributed by atoms with E-state index < -0.39 is 17.7 Å². The van der Waals surface area contributed by atoms with Crippen LogP contribution in [0.15, 0.2) is 72.6 Å². The standard InChI is InChI=1S/C29H30N2O5/c1-5-36-24-11-10-20(16-22(24)18(2)3)27(32)25-26(19-12-14-30-15-13-19)31(29(34)28(25)33)17-21-8-6-7-9-23(21)35-4/h6-16,18,26,32H,5,17H2,1-4H3/b27-25-. The summed E-state index contributed by atoms with van der Waals surface area (Å²) in [6.07, 6.45) is 3.21. The number of hydrogen-bond donors (Lipinski definition) is 1. The van der Waals surface area contributed by atoms with E-state index in [1.54, 1.807) is 49.8 Å². The van der Waals surface area contributed by atoms with Gasteiger partial charge in [0.2, 0.25) is 0 Å². The molecule has 3 aromatic rings. The molecule has 0 bridgehead atoms. The first-order chi connectivity index (χ1) is 17.4. The minimum Gasteiger partial charge on any atom is -0.507 e. The minimum atomic E-state index is -0.785. The number of aliphatic hydroxyl groups excluding tert-OH is 1. The van der Waals surface area contributed by atoms with E-state index >= 15 is 0 Å². The Hall–Kier alpha value is -4.13. The Morgan fingerprint density at radius 2 is 1.78 bits per heavy atom. The quantitative estimate of drug-likeness (QED) is 0.266. The molecular formula is C29H30N2O5. The van der Waals surface area contributed by atoms with Gasteiger partial charge in [-0.15, -0.1) is 0 Å². The number of hydrogen-bond acceptors (Lipinski definition) is 6. The number of benzene rings is 2. The lowest BCUT2D eigenvalue weighted by atomic mass is 9.93. The molecule has 1 N–H and O–H groups in total. The van der Waals surface area contributed by atoms with Gasteiger partial charge in [-0.3, -0.25) is 14.6 Å². The Bertz CT molecular complexity index is 1300. The highest BCUT2D eigenvalue weighted by atomic mass is 16.5. The summed E-state index contributed by atoms with van der Waals surface area (Å²) in [6, 6.07) is 15.4. The minimum absolute atomic E-state index is 0.0416. The number of ketones is 1. The van der Waals surface area contributed by atoms with Crippen LogP contribution in [0.1, 0.15) is 55.0 Å². The second-order valence-corrected chi connectivity index (χ2v) is 8.86. The maximum Gasteiger partial charge on any atom is 0.295 e. The molecule has 0 radical (unpaired) electrons. The third-order valence-electron chi connectivity index (χ3n) is 6.30. The van der Waals surface area contributed by atoms with E-state index in [0.29, 0.717) is 23.5 Å². The highest BCUT2D eigenvalue weighted by Gasteiger charge is 2.46. The third-order valence-corrected chi connectivity index (χ3v) is 6.30. The molecule has 7 heteroatoms. The van der Waals surface area contributed by atoms with Crippen molar-refractivity contribution in [2.24, 2.45) is 0 Å². The Balaban J connectivity index is 1.86. The highest BCUT2D eigenvalue weighted by molar-refractivity contribution is 6.46. The maximum atomic E-state index is 13.4. The summed E-state index contributed by atoms with van der Waals surface area (Å²) in [7, 11) is 1.56. The molecule has 36 heavy (non-hydrogen) atoms. The Labute approximate surface area is 211 Å². The van der Waals surface area contributed by atoms with Crippen molar-refractivity contribution in [3.63, 3.8) is 0 Å². The van der Waals surface area contributed by atoms with Gasteiger partial charge in [-0.25, -0.2) is 0 Å². The predicted molar refractivity (Wildman–Crippen MR) is 137 cm³/mol. The Morgan fingerprint density at radius 3 is 2.44 bits per heavy atom. The van der Waals surface area contributed by atoms with Gasteiger partial charge in [-0.05, 0) is 60.4 Å². The normalized spacial score (nSPS) is 17.0. The fourth-order valence-electron chi connectivity index (χ4n) is 4.54. The summed E-state index contributed by atoms with van der Waals surface area (Å²) in [4.78, 5) is 32.2. The van der Waals surface area contributed by atoms with Gasteiger partial charge in [0.1, 0.15) is 17.3 Å². The molecule has 4 rings (SSSR count). The van der Waals surface area contributed by atoms with Gasteiger partial charge in [-0.2, -0.15) is 0 Å². The average Bonchev–Trinajstić information content (AvgIpc) is 3.14. The summed E-state index contributed by atoms with van der Waals surface area (Å²) in [5.41, 5.74) is 2.83. The van der Waals surface area contributed by atoms with Crippen molar-refractivity contribution in [2.45, 2.75) is 39.3 Å². The van der Waals surface area contributed by atoms with Crippen LogP contribution in [0.25, 0.3) is 5.76 Å². The average molecular weight is 487 g/mol. The van der Waals surface area contributed by atoms with Crippen LogP contribution in [0.2, 0.25) is 0 Å². The molecule has 2 heterocycles. The number of pyridine rings is 1. The molecular weight excluding hydrogens is 456 g/mol. The van der Waals surface area contributed by atoms with E-state index in [1.807, 2.05) is 45.0 Å². The Kier molecular flexibility index (Phi) is 7.38. The number of nitrogens with zero attached hydrogens (tertiary/aromatic N) is 2. The van der Waals surface area contributed by atoms with Gasteiger partial charge in [0, 0.05) is 23.5 Å². The lowest BCUT2D eigenvalue weighted by Gasteiger charge is -2.26. The first-order valence-corrected chi connectivity index (χ1v) is 11.9. The van der Waals surface area contributed by atoms with Gasteiger partial charge in [0.25, 0.3) is 11.7 Å². The van der Waals surface area contributed by atoms with E-state index in [2.05, 4.69) is 4.98 Å². The second-order valence-electron chi connectivity index (χ2n) is 8.86. The van der Waals surface area contributed by atoms with E-state index in [0.717, 1.165) is 16.9 Å². The monoisotopic (exact) mass is 486 g/mol. The molecule has 1 atom stereocenters. The van der Waals surface area contributed by atoms with E-state index in [4.69, 9.17) is 9.47 Å². The summed E-state index contributed by atoms with van der Waals surface area (Å²) in [5.74, 6) is -0.165. The first kappa shape index (κ1) is 25.0. The van der Waals surface area contributed by atoms with Crippen molar-refractivity contribution in [2.75, 3.05) is 13.7 Å². The van der Waals surface area contributed by atoms with Crippen molar-refractivity contribution < 1.29 is 24.2 Å². The van der Waals surface area contributed by atoms with Crippen LogP contribution in [0.3, 0.4) is 0 Å². The molecule has 0 saturated carbocycles. The number of amides is 1. The van der Waals surface area contributed by atoms with Gasteiger partial charge >= 0.3 is 0 Å². The number of carbonyl (C=O) groups is 2. The van der Waals surface area contributed by atoms with Crippen LogP contribution >= 0.6 is 0 Å². The van der Waals surface area contributed by atoms with Crippen LogP contribution in [-0.4, -0.2) is 40.4 Å². The van der Waals surface area contributed by atoms with Crippen LogP contribution in [0, 0.1) is 0 Å². The van der Waals surface area contributed by atoms with E-state index in [1.165, 1.54) is 4.90 Å². The van der Waals surface area contributed by atoms with Gasteiger partial charge in [0.15, 0.2) is 0 Å². The summed E-state index contributed by atoms with van der Waals surface area (Å²) >= 11 is 0. The van der Waals surface area contributed by atoms with E-state index in [9.17, 15) is 14.7 Å². The summed E-state index contributed by atoms with van der Waals surface area (Å²) in [5, 5.41) is 11.5. The first-order valence-electron chi connectivity index (χ1n) is 11.9. The smallest absolute Gasteiger partial charge is 0.295 e. The zero-order valence-corrected chi connectivity index (χ0v) is 20.9. The number of rotatable bonds is 8. The van der Waals surface area contributed by atoms with Crippen molar-refractivity contribution in [1.82, 2.24) is 9.88 Å². The zero-order chi connectivity index (χ0) is 25.8. The van der Waals surface area contributed by atoms with Crippen molar-refractivity contribution >= 4 is 17.4 Å². The fourth-order valence-corrected chi connectivity index (χ4v) is 4.54. The SMILES string of the molecule is CCOc1ccc(/C(O)=C2/C(=O)C(=O)N(Cc3ccccc3OC)C2c2ccncc2)cc1C(C)C. The van der Waals surface area contributed by atoms with Crippen LogP contribution in [-0.2, 0) is 16.1 Å². The van der Waals surface area contributed by atoms with Gasteiger partial charge < -0.3 is 19.5 Å². The lowest BCUT2D eigenvalue weighted by Crippen LogP contribution is -2.29. The number of methoxy groups -OCH3 is 1. The molecule has 1 fully saturated rings. The summed E-state index contributed by atoms with van der Waals surface area (Å²) in [6.45, 7) is 6.63.